The molecule has 3 rings (SSSR count). The molecule has 0 aliphatic carbocycles. The minimum absolute atomic E-state index is 0.127. The first-order valence-electron chi connectivity index (χ1n) is 7.73. The van der Waals surface area contributed by atoms with Crippen LogP contribution in [0.1, 0.15) is 24.8 Å². The Bertz CT molecular complexity index is 630. The van der Waals surface area contributed by atoms with Crippen molar-refractivity contribution in [3.63, 3.8) is 0 Å². The number of piperazine rings is 1. The molecule has 0 radical (unpaired) electrons. The van der Waals surface area contributed by atoms with Crippen molar-refractivity contribution in [1.82, 2.24) is 9.62 Å². The fourth-order valence-corrected chi connectivity index (χ4v) is 5.20. The summed E-state index contributed by atoms with van der Waals surface area (Å²) in [7, 11) is -3.20. The van der Waals surface area contributed by atoms with E-state index in [1.807, 2.05) is 0 Å². The molecule has 2 aliphatic rings. The molecule has 7 heteroatoms. The molecular weight excluding hydrogens is 305 g/mol. The molecule has 2 heterocycles. The van der Waals surface area contributed by atoms with Crippen molar-refractivity contribution in [3.8, 4) is 0 Å². The summed E-state index contributed by atoms with van der Waals surface area (Å²) in [5, 5.41) is 3.41. The standard InChI is InChI=1S/C15H22FN3O2S/c16-14-4-1-5-15(17)13(14)7-6-12-9-18-11-3-2-8-22(20,21)19(12)10-11/h1,4-5,11-12,18H,2-3,6-10,17H2/t11-,12+/m1/s1. The third-order valence-corrected chi connectivity index (χ3v) is 6.61. The van der Waals surface area contributed by atoms with Crippen molar-refractivity contribution in [2.45, 2.75) is 37.8 Å². The van der Waals surface area contributed by atoms with Gasteiger partial charge in [-0.1, -0.05) is 6.07 Å². The molecule has 2 bridgehead atoms. The molecule has 5 nitrogen and oxygen atoms in total. The van der Waals surface area contributed by atoms with E-state index in [2.05, 4.69) is 5.32 Å². The van der Waals surface area contributed by atoms with Gasteiger partial charge in [-0.25, -0.2) is 12.8 Å². The van der Waals surface area contributed by atoms with Gasteiger partial charge in [0.15, 0.2) is 0 Å². The third-order valence-electron chi connectivity index (χ3n) is 4.64. The van der Waals surface area contributed by atoms with Crippen LogP contribution in [0.25, 0.3) is 0 Å². The van der Waals surface area contributed by atoms with Gasteiger partial charge < -0.3 is 11.1 Å². The molecular formula is C15H22FN3O2S. The van der Waals surface area contributed by atoms with E-state index in [1.165, 1.54) is 6.07 Å². The van der Waals surface area contributed by atoms with Gasteiger partial charge in [0.1, 0.15) is 5.82 Å². The van der Waals surface area contributed by atoms with Gasteiger partial charge in [-0.05, 0) is 37.8 Å². The summed E-state index contributed by atoms with van der Waals surface area (Å²) >= 11 is 0. The number of nitrogens with one attached hydrogen (secondary N) is 1. The minimum Gasteiger partial charge on any atom is -0.398 e. The molecule has 22 heavy (non-hydrogen) atoms. The second kappa shape index (κ2) is 6.14. The third kappa shape index (κ3) is 3.11. The van der Waals surface area contributed by atoms with E-state index in [0.29, 0.717) is 43.6 Å². The monoisotopic (exact) mass is 327 g/mol. The Hall–Kier alpha value is -1.18. The Morgan fingerprint density at radius 2 is 2.23 bits per heavy atom. The molecule has 122 valence electrons. The first kappa shape index (κ1) is 15.7. The van der Waals surface area contributed by atoms with Crippen LogP contribution in [0, 0.1) is 5.82 Å². The number of rotatable bonds is 3. The molecule has 0 aromatic heterocycles. The highest BCUT2D eigenvalue weighted by molar-refractivity contribution is 7.89. The highest BCUT2D eigenvalue weighted by Gasteiger charge is 2.37. The summed E-state index contributed by atoms with van der Waals surface area (Å²) in [6, 6.07) is 4.77. The first-order valence-corrected chi connectivity index (χ1v) is 9.34. The van der Waals surface area contributed by atoms with E-state index < -0.39 is 10.0 Å². The van der Waals surface area contributed by atoms with E-state index >= 15 is 0 Å². The van der Waals surface area contributed by atoms with Gasteiger partial charge in [-0.2, -0.15) is 4.31 Å². The Kier molecular flexibility index (Phi) is 4.38. The second-order valence-corrected chi connectivity index (χ2v) is 8.17. The summed E-state index contributed by atoms with van der Waals surface area (Å²) < 4.78 is 40.2. The predicted octanol–water partition coefficient (Wildman–Crippen LogP) is 1.11. The van der Waals surface area contributed by atoms with Crippen LogP contribution in [0.3, 0.4) is 0 Å². The number of nitrogens with zero attached hydrogens (tertiary/aromatic N) is 1. The van der Waals surface area contributed by atoms with Gasteiger partial charge in [0, 0.05) is 36.4 Å². The van der Waals surface area contributed by atoms with E-state index in [0.717, 1.165) is 6.42 Å². The Morgan fingerprint density at radius 1 is 1.41 bits per heavy atom. The van der Waals surface area contributed by atoms with Crippen molar-refractivity contribution < 1.29 is 12.8 Å². The van der Waals surface area contributed by atoms with Crippen molar-refractivity contribution in [2.75, 3.05) is 24.6 Å². The fourth-order valence-electron chi connectivity index (χ4n) is 3.39. The maximum absolute atomic E-state index is 13.8. The zero-order valence-corrected chi connectivity index (χ0v) is 13.3. The molecule has 0 spiro atoms. The van der Waals surface area contributed by atoms with Gasteiger partial charge in [0.05, 0.1) is 5.75 Å². The number of benzene rings is 1. The van der Waals surface area contributed by atoms with Gasteiger partial charge in [-0.15, -0.1) is 0 Å². The molecule has 3 N–H and O–H groups in total. The van der Waals surface area contributed by atoms with Crippen molar-refractivity contribution in [2.24, 2.45) is 0 Å². The molecule has 1 aromatic rings. The highest BCUT2D eigenvalue weighted by atomic mass is 32.2. The smallest absolute Gasteiger partial charge is 0.214 e. The topological polar surface area (TPSA) is 75.4 Å². The maximum Gasteiger partial charge on any atom is 0.214 e. The lowest BCUT2D eigenvalue weighted by molar-refractivity contribution is 0.216. The lowest BCUT2D eigenvalue weighted by Gasteiger charge is -2.37. The van der Waals surface area contributed by atoms with Crippen LogP contribution in [0.15, 0.2) is 18.2 Å². The largest absolute Gasteiger partial charge is 0.398 e. The van der Waals surface area contributed by atoms with Crippen molar-refractivity contribution >= 4 is 15.7 Å². The van der Waals surface area contributed by atoms with Crippen molar-refractivity contribution in [1.29, 1.82) is 0 Å². The van der Waals surface area contributed by atoms with Crippen LogP contribution >= 0.6 is 0 Å². The Morgan fingerprint density at radius 3 is 3.00 bits per heavy atom. The summed E-state index contributed by atoms with van der Waals surface area (Å²) in [6.45, 7) is 1.15. The van der Waals surface area contributed by atoms with E-state index in [4.69, 9.17) is 5.73 Å². The van der Waals surface area contributed by atoms with Crippen LogP contribution in [-0.4, -0.2) is 43.6 Å². The molecule has 0 saturated carbocycles. The lowest BCUT2D eigenvalue weighted by Crippen LogP contribution is -2.57. The van der Waals surface area contributed by atoms with Crippen LogP contribution in [0.5, 0.6) is 0 Å². The number of halogens is 1. The first-order chi connectivity index (χ1) is 10.5. The van der Waals surface area contributed by atoms with Crippen molar-refractivity contribution in [3.05, 3.63) is 29.6 Å². The highest BCUT2D eigenvalue weighted by Crippen LogP contribution is 2.25. The van der Waals surface area contributed by atoms with Crippen LogP contribution in [0.2, 0.25) is 0 Å². The molecule has 2 saturated heterocycles. The van der Waals surface area contributed by atoms with E-state index in [-0.39, 0.29) is 23.7 Å². The number of hydrogen-bond donors (Lipinski definition) is 2. The predicted molar refractivity (Wildman–Crippen MR) is 84.4 cm³/mol. The van der Waals surface area contributed by atoms with E-state index in [1.54, 1.807) is 16.4 Å². The van der Waals surface area contributed by atoms with Gasteiger partial charge in [0.25, 0.3) is 0 Å². The molecule has 2 aliphatic heterocycles. The van der Waals surface area contributed by atoms with Crippen LogP contribution in [-0.2, 0) is 16.4 Å². The summed E-state index contributed by atoms with van der Waals surface area (Å²) in [5.74, 6) is -0.107. The lowest BCUT2D eigenvalue weighted by atomic mass is 10.0. The number of fused-ring (bicyclic) bond motifs is 2. The fraction of sp³-hybridized carbons (Fsp3) is 0.600. The summed E-state index contributed by atoms with van der Waals surface area (Å²) in [6.07, 6.45) is 2.61. The van der Waals surface area contributed by atoms with Crippen LogP contribution in [0.4, 0.5) is 10.1 Å². The zero-order valence-electron chi connectivity index (χ0n) is 12.5. The Labute approximate surface area is 130 Å². The zero-order chi connectivity index (χ0) is 15.7. The number of nitrogens with two attached hydrogens (primary N) is 1. The molecule has 1 unspecified atom stereocenters. The molecule has 0 amide bonds. The summed E-state index contributed by atoms with van der Waals surface area (Å²) in [5.41, 5.74) is 6.74. The van der Waals surface area contributed by atoms with Gasteiger partial charge >= 0.3 is 0 Å². The summed E-state index contributed by atoms with van der Waals surface area (Å²) in [4.78, 5) is 0. The van der Waals surface area contributed by atoms with Gasteiger partial charge in [-0.3, -0.25) is 0 Å². The SMILES string of the molecule is Nc1cccc(F)c1CC[C@H]1CN[C@@H]2CCCS(=O)(=O)N1C2. The number of nitrogen functional groups attached to an aromatic ring is 1. The quantitative estimate of drug-likeness (QED) is 0.816. The number of hydrogen-bond acceptors (Lipinski definition) is 4. The molecule has 1 aromatic carbocycles. The molecule has 2 fully saturated rings. The maximum atomic E-state index is 13.8. The average molecular weight is 327 g/mol. The minimum atomic E-state index is -3.20. The van der Waals surface area contributed by atoms with Gasteiger partial charge in [0.2, 0.25) is 10.0 Å². The number of sulfonamides is 1. The number of anilines is 1. The molecule has 3 atom stereocenters. The van der Waals surface area contributed by atoms with Crippen LogP contribution < -0.4 is 11.1 Å². The Balaban J connectivity index is 1.74. The normalized spacial score (nSPS) is 30.7. The second-order valence-electron chi connectivity index (χ2n) is 6.13. The van der Waals surface area contributed by atoms with E-state index in [9.17, 15) is 12.8 Å². The average Bonchev–Trinajstić information content (AvgIpc) is 2.58.